The minimum absolute atomic E-state index is 0.112. The van der Waals surface area contributed by atoms with Crippen LogP contribution in [-0.4, -0.2) is 32.1 Å². The SMILES string of the molecule is COC(=O)[C@@H](Cc1cc(=O)oc2cc(OC)ccc12)NC(C)=O. The van der Waals surface area contributed by atoms with Gasteiger partial charge in [-0.15, -0.1) is 0 Å². The average molecular weight is 319 g/mol. The predicted molar refractivity (Wildman–Crippen MR) is 82.4 cm³/mol. The molecule has 1 heterocycles. The molecule has 1 aromatic carbocycles. The Morgan fingerprint density at radius 2 is 2.00 bits per heavy atom. The van der Waals surface area contributed by atoms with Crippen LogP contribution in [-0.2, 0) is 20.7 Å². The number of carbonyl (C=O) groups excluding carboxylic acids is 2. The molecule has 0 aliphatic carbocycles. The van der Waals surface area contributed by atoms with Crippen LogP contribution in [0.15, 0.2) is 33.5 Å². The van der Waals surface area contributed by atoms with Gasteiger partial charge in [0.1, 0.15) is 17.4 Å². The lowest BCUT2D eigenvalue weighted by Gasteiger charge is -2.16. The van der Waals surface area contributed by atoms with Crippen molar-refractivity contribution in [2.24, 2.45) is 0 Å². The van der Waals surface area contributed by atoms with Crippen molar-refractivity contribution in [2.75, 3.05) is 14.2 Å². The Labute approximate surface area is 132 Å². The number of hydrogen-bond acceptors (Lipinski definition) is 6. The highest BCUT2D eigenvalue weighted by molar-refractivity contribution is 5.86. The summed E-state index contributed by atoms with van der Waals surface area (Å²) in [6, 6.07) is 5.45. The van der Waals surface area contributed by atoms with Crippen LogP contribution in [0.2, 0.25) is 0 Å². The van der Waals surface area contributed by atoms with Crippen LogP contribution in [0.1, 0.15) is 12.5 Å². The van der Waals surface area contributed by atoms with Crippen molar-refractivity contribution in [3.8, 4) is 5.75 Å². The molecular formula is C16H17NO6. The maximum atomic E-state index is 11.8. The molecule has 2 aromatic rings. The van der Waals surface area contributed by atoms with E-state index in [4.69, 9.17) is 9.15 Å². The second-order valence-corrected chi connectivity index (χ2v) is 4.93. The maximum absolute atomic E-state index is 11.8. The summed E-state index contributed by atoms with van der Waals surface area (Å²) in [4.78, 5) is 34.8. The first-order chi connectivity index (χ1) is 10.9. The first-order valence-electron chi connectivity index (χ1n) is 6.90. The van der Waals surface area contributed by atoms with Gasteiger partial charge in [-0.3, -0.25) is 4.79 Å². The van der Waals surface area contributed by atoms with Gasteiger partial charge in [-0.05, 0) is 17.7 Å². The molecule has 0 aliphatic heterocycles. The van der Waals surface area contributed by atoms with E-state index in [1.165, 1.54) is 27.2 Å². The topological polar surface area (TPSA) is 94.8 Å². The predicted octanol–water partition coefficient (Wildman–Crippen LogP) is 1.02. The lowest BCUT2D eigenvalue weighted by Crippen LogP contribution is -2.42. The van der Waals surface area contributed by atoms with Crippen molar-refractivity contribution in [1.82, 2.24) is 5.32 Å². The Balaban J connectivity index is 2.46. The molecule has 0 saturated heterocycles. The van der Waals surface area contributed by atoms with Crippen LogP contribution < -0.4 is 15.7 Å². The van der Waals surface area contributed by atoms with Gasteiger partial charge in [0.25, 0.3) is 0 Å². The minimum Gasteiger partial charge on any atom is -0.497 e. The molecule has 2 rings (SSSR count). The molecule has 0 aliphatic rings. The lowest BCUT2D eigenvalue weighted by molar-refractivity contribution is -0.144. The number of ether oxygens (including phenoxy) is 2. The summed E-state index contributed by atoms with van der Waals surface area (Å²) in [6.07, 6.45) is 0.112. The highest BCUT2D eigenvalue weighted by Gasteiger charge is 2.22. The number of esters is 1. The van der Waals surface area contributed by atoms with Crippen LogP contribution in [0.4, 0.5) is 0 Å². The Bertz CT molecular complexity index is 795. The first kappa shape index (κ1) is 16.5. The summed E-state index contributed by atoms with van der Waals surface area (Å²) < 4.78 is 14.9. The number of benzene rings is 1. The van der Waals surface area contributed by atoms with Crippen LogP contribution in [0.25, 0.3) is 11.0 Å². The fourth-order valence-electron chi connectivity index (χ4n) is 2.31. The fourth-order valence-corrected chi connectivity index (χ4v) is 2.31. The third-order valence-corrected chi connectivity index (χ3v) is 3.32. The Kier molecular flexibility index (Phi) is 5.00. The van der Waals surface area contributed by atoms with Gasteiger partial charge in [-0.25, -0.2) is 9.59 Å². The minimum atomic E-state index is -0.885. The number of fused-ring (bicyclic) bond motifs is 1. The highest BCUT2D eigenvalue weighted by Crippen LogP contribution is 2.23. The Morgan fingerprint density at radius 3 is 2.61 bits per heavy atom. The third-order valence-electron chi connectivity index (χ3n) is 3.32. The Hall–Kier alpha value is -2.83. The van der Waals surface area contributed by atoms with E-state index < -0.39 is 17.6 Å². The van der Waals surface area contributed by atoms with Gasteiger partial charge >= 0.3 is 11.6 Å². The summed E-state index contributed by atoms with van der Waals surface area (Å²) in [5, 5.41) is 3.17. The van der Waals surface area contributed by atoms with Crippen LogP contribution in [0.3, 0.4) is 0 Å². The third kappa shape index (κ3) is 3.88. The summed E-state index contributed by atoms with van der Waals surface area (Å²) in [6.45, 7) is 1.30. The van der Waals surface area contributed by atoms with Gasteiger partial charge in [-0.1, -0.05) is 0 Å². The van der Waals surface area contributed by atoms with E-state index in [9.17, 15) is 14.4 Å². The summed E-state index contributed by atoms with van der Waals surface area (Å²) in [5.41, 5.74) is 0.369. The quantitative estimate of drug-likeness (QED) is 0.653. The molecule has 0 radical (unpaired) electrons. The fraction of sp³-hybridized carbons (Fsp3) is 0.312. The summed E-state index contributed by atoms with van der Waals surface area (Å²) in [5.74, 6) is -0.409. The van der Waals surface area contributed by atoms with Gasteiger partial charge in [0.2, 0.25) is 5.91 Å². The van der Waals surface area contributed by atoms with E-state index in [0.717, 1.165) is 0 Å². The molecule has 1 amide bonds. The molecule has 7 nitrogen and oxygen atoms in total. The van der Waals surface area contributed by atoms with Gasteiger partial charge in [0.15, 0.2) is 0 Å². The van der Waals surface area contributed by atoms with Crippen molar-refractivity contribution in [2.45, 2.75) is 19.4 Å². The zero-order valence-electron chi connectivity index (χ0n) is 13.0. The van der Waals surface area contributed by atoms with E-state index in [0.29, 0.717) is 22.3 Å². The second-order valence-electron chi connectivity index (χ2n) is 4.93. The summed E-state index contributed by atoms with van der Waals surface area (Å²) >= 11 is 0. The largest absolute Gasteiger partial charge is 0.497 e. The smallest absolute Gasteiger partial charge is 0.336 e. The number of amides is 1. The van der Waals surface area contributed by atoms with Gasteiger partial charge < -0.3 is 19.2 Å². The first-order valence-corrected chi connectivity index (χ1v) is 6.90. The molecule has 1 N–H and O–H groups in total. The molecule has 1 aromatic heterocycles. The molecular weight excluding hydrogens is 302 g/mol. The number of hydrogen-bond donors (Lipinski definition) is 1. The van der Waals surface area contributed by atoms with Crippen LogP contribution in [0.5, 0.6) is 5.75 Å². The van der Waals surface area contributed by atoms with Crippen molar-refractivity contribution < 1.29 is 23.5 Å². The second kappa shape index (κ2) is 6.95. The van der Waals surface area contributed by atoms with E-state index in [1.807, 2.05) is 0 Å². The average Bonchev–Trinajstić information content (AvgIpc) is 2.52. The van der Waals surface area contributed by atoms with E-state index in [-0.39, 0.29) is 12.3 Å². The number of rotatable bonds is 5. The van der Waals surface area contributed by atoms with Crippen molar-refractivity contribution >= 4 is 22.8 Å². The monoisotopic (exact) mass is 319 g/mol. The van der Waals surface area contributed by atoms with Crippen LogP contribution in [0, 0.1) is 0 Å². The van der Waals surface area contributed by atoms with Crippen molar-refractivity contribution in [1.29, 1.82) is 0 Å². The zero-order chi connectivity index (χ0) is 17.0. The number of nitrogens with one attached hydrogen (secondary N) is 1. The normalized spacial score (nSPS) is 11.8. The summed E-state index contributed by atoms with van der Waals surface area (Å²) in [7, 11) is 2.74. The van der Waals surface area contributed by atoms with E-state index >= 15 is 0 Å². The molecule has 23 heavy (non-hydrogen) atoms. The van der Waals surface area contributed by atoms with E-state index in [2.05, 4.69) is 10.1 Å². The van der Waals surface area contributed by atoms with Crippen molar-refractivity contribution in [3.05, 3.63) is 40.2 Å². The standard InChI is InChI=1S/C16H17NO6/c1-9(18)17-13(16(20)22-3)6-10-7-15(19)23-14-8-11(21-2)4-5-12(10)14/h4-5,7-8,13H,6H2,1-3H3,(H,17,18)/t13-/m1/s1. The van der Waals surface area contributed by atoms with Gasteiger partial charge in [0.05, 0.1) is 14.2 Å². The van der Waals surface area contributed by atoms with E-state index in [1.54, 1.807) is 18.2 Å². The molecule has 0 spiro atoms. The molecule has 7 heteroatoms. The maximum Gasteiger partial charge on any atom is 0.336 e. The molecule has 122 valence electrons. The molecule has 1 atom stereocenters. The van der Waals surface area contributed by atoms with Gasteiger partial charge in [0, 0.05) is 30.9 Å². The Morgan fingerprint density at radius 1 is 1.26 bits per heavy atom. The number of carbonyl (C=O) groups is 2. The van der Waals surface area contributed by atoms with Crippen LogP contribution >= 0.6 is 0 Å². The number of methoxy groups -OCH3 is 2. The van der Waals surface area contributed by atoms with Crippen molar-refractivity contribution in [3.63, 3.8) is 0 Å². The molecule has 0 bridgehead atoms. The molecule has 0 unspecified atom stereocenters. The lowest BCUT2D eigenvalue weighted by atomic mass is 10.0. The molecule has 0 saturated carbocycles. The molecule has 0 fully saturated rings. The highest BCUT2D eigenvalue weighted by atomic mass is 16.5. The van der Waals surface area contributed by atoms with Gasteiger partial charge in [-0.2, -0.15) is 0 Å². The zero-order valence-corrected chi connectivity index (χ0v) is 13.0.